The number of rotatable bonds is 11. The SMILES string of the molecule is O=C(CCC(=O)Oc1ccc(/C(=N/O)c2ccc(Cl)cc2)cc1)OCC(O)OC(O)n1ccc(=O)[nH]c1=O. The summed E-state index contributed by atoms with van der Waals surface area (Å²) in [5, 5.41) is 32.8. The molecule has 0 fully saturated rings. The van der Waals surface area contributed by atoms with Gasteiger partial charge in [0.25, 0.3) is 5.56 Å². The number of aromatic nitrogens is 2. The van der Waals surface area contributed by atoms with Crippen LogP contribution >= 0.6 is 11.6 Å². The highest BCUT2D eigenvalue weighted by Gasteiger charge is 2.18. The Kier molecular flexibility index (Phi) is 9.90. The number of aliphatic hydroxyl groups is 2. The van der Waals surface area contributed by atoms with E-state index in [1.807, 2.05) is 4.98 Å². The van der Waals surface area contributed by atoms with Gasteiger partial charge < -0.3 is 29.6 Å². The molecule has 14 heteroatoms. The summed E-state index contributed by atoms with van der Waals surface area (Å²) in [5.41, 5.74) is -0.217. The Bertz CT molecular complexity index is 1400. The second kappa shape index (κ2) is 13.3. The Balaban J connectivity index is 1.42. The maximum atomic E-state index is 12.1. The lowest BCUT2D eigenvalue weighted by Gasteiger charge is -2.18. The zero-order valence-electron chi connectivity index (χ0n) is 19.5. The fourth-order valence-electron chi connectivity index (χ4n) is 3.04. The van der Waals surface area contributed by atoms with Crippen molar-refractivity contribution in [1.82, 2.24) is 9.55 Å². The number of aromatic amines is 1. The lowest BCUT2D eigenvalue weighted by molar-refractivity contribution is -0.256. The first kappa shape index (κ1) is 28.3. The van der Waals surface area contributed by atoms with Crippen molar-refractivity contribution in [2.45, 2.75) is 25.5 Å². The fourth-order valence-corrected chi connectivity index (χ4v) is 3.17. The summed E-state index contributed by atoms with van der Waals surface area (Å²) >= 11 is 5.87. The van der Waals surface area contributed by atoms with E-state index in [0.29, 0.717) is 20.7 Å². The van der Waals surface area contributed by atoms with Gasteiger partial charge >= 0.3 is 17.6 Å². The van der Waals surface area contributed by atoms with Gasteiger partial charge in [-0.2, -0.15) is 0 Å². The van der Waals surface area contributed by atoms with Gasteiger partial charge in [0.1, 0.15) is 18.1 Å². The number of aliphatic hydroxyl groups excluding tert-OH is 2. The first-order chi connectivity index (χ1) is 18.2. The number of esters is 2. The Labute approximate surface area is 219 Å². The molecule has 0 radical (unpaired) electrons. The van der Waals surface area contributed by atoms with Crippen LogP contribution in [-0.4, -0.2) is 55.5 Å². The maximum Gasteiger partial charge on any atom is 0.332 e. The number of H-pyrrole nitrogens is 1. The molecule has 2 unspecified atom stereocenters. The van der Waals surface area contributed by atoms with Crippen molar-refractivity contribution in [3.63, 3.8) is 0 Å². The smallest absolute Gasteiger partial charge is 0.332 e. The molecule has 1 heterocycles. The van der Waals surface area contributed by atoms with Crippen LogP contribution in [0.4, 0.5) is 0 Å². The molecule has 1 aromatic heterocycles. The second-order valence-corrected chi connectivity index (χ2v) is 8.01. The molecule has 4 N–H and O–H groups in total. The van der Waals surface area contributed by atoms with Gasteiger partial charge in [-0.05, 0) is 36.4 Å². The number of oxime groups is 1. The van der Waals surface area contributed by atoms with Crippen LogP contribution in [0.1, 0.15) is 30.4 Å². The zero-order chi connectivity index (χ0) is 27.7. The van der Waals surface area contributed by atoms with Gasteiger partial charge in [-0.3, -0.25) is 23.9 Å². The van der Waals surface area contributed by atoms with Crippen LogP contribution in [-0.2, 0) is 19.1 Å². The minimum Gasteiger partial charge on any atom is -0.460 e. The van der Waals surface area contributed by atoms with Crippen molar-refractivity contribution >= 4 is 29.3 Å². The van der Waals surface area contributed by atoms with Crippen molar-refractivity contribution in [2.75, 3.05) is 6.61 Å². The molecule has 3 aromatic rings. The van der Waals surface area contributed by atoms with Gasteiger partial charge in [-0.15, -0.1) is 0 Å². The third-order valence-corrected chi connectivity index (χ3v) is 5.12. The molecule has 2 atom stereocenters. The molecule has 0 amide bonds. The number of nitrogens with zero attached hydrogens (tertiary/aromatic N) is 2. The predicted octanol–water partition coefficient (Wildman–Crippen LogP) is 1.13. The van der Waals surface area contributed by atoms with Gasteiger partial charge in [0.15, 0.2) is 6.29 Å². The predicted molar refractivity (Wildman–Crippen MR) is 131 cm³/mol. The van der Waals surface area contributed by atoms with E-state index >= 15 is 0 Å². The quantitative estimate of drug-likeness (QED) is 0.0675. The minimum absolute atomic E-state index is 0.191. The van der Waals surface area contributed by atoms with Crippen LogP contribution in [0.15, 0.2) is 75.5 Å². The number of hydrogen-bond donors (Lipinski definition) is 4. The summed E-state index contributed by atoms with van der Waals surface area (Å²) in [4.78, 5) is 48.4. The first-order valence-corrected chi connectivity index (χ1v) is 11.3. The van der Waals surface area contributed by atoms with Gasteiger partial charge in [-0.25, -0.2) is 4.79 Å². The molecule has 13 nitrogen and oxygen atoms in total. The molecule has 0 saturated carbocycles. The second-order valence-electron chi connectivity index (χ2n) is 7.57. The maximum absolute atomic E-state index is 12.1. The van der Waals surface area contributed by atoms with Crippen LogP contribution in [0.3, 0.4) is 0 Å². The molecular formula is C24H22ClN3O10. The fraction of sp³-hybridized carbons (Fsp3) is 0.208. The molecule has 0 bridgehead atoms. The summed E-state index contributed by atoms with van der Waals surface area (Å²) < 4.78 is 15.3. The third-order valence-electron chi connectivity index (χ3n) is 4.87. The lowest BCUT2D eigenvalue weighted by Crippen LogP contribution is -2.35. The normalized spacial score (nSPS) is 13.0. The molecule has 2 aromatic carbocycles. The van der Waals surface area contributed by atoms with E-state index in [-0.39, 0.29) is 24.3 Å². The largest absolute Gasteiger partial charge is 0.460 e. The molecule has 0 aliphatic carbocycles. The molecule has 38 heavy (non-hydrogen) atoms. The molecular weight excluding hydrogens is 526 g/mol. The Morgan fingerprint density at radius 2 is 1.55 bits per heavy atom. The standard InChI is InChI=1S/C24H22ClN3O10/c25-16-5-1-14(2-6-16)22(27-35)15-3-7-17(8-4-15)37-20(31)10-9-19(30)36-13-21(32)38-24(34)28-12-11-18(29)26-23(28)33/h1-8,11-12,21,24,32,34-35H,9-10,13H2,(H,26,29,33)/b27-22+. The molecule has 200 valence electrons. The van der Waals surface area contributed by atoms with Crippen LogP contribution in [0, 0.1) is 0 Å². The van der Waals surface area contributed by atoms with Crippen molar-refractivity contribution in [3.8, 4) is 5.75 Å². The highest BCUT2D eigenvalue weighted by molar-refractivity contribution is 6.30. The average molecular weight is 548 g/mol. The van der Waals surface area contributed by atoms with E-state index in [0.717, 1.165) is 12.3 Å². The van der Waals surface area contributed by atoms with E-state index in [1.165, 1.54) is 12.1 Å². The number of benzene rings is 2. The van der Waals surface area contributed by atoms with Crippen molar-refractivity contribution < 1.29 is 39.2 Å². The third kappa shape index (κ3) is 8.11. The number of halogens is 1. The molecule has 0 aliphatic heterocycles. The van der Waals surface area contributed by atoms with Crippen molar-refractivity contribution in [1.29, 1.82) is 0 Å². The summed E-state index contributed by atoms with van der Waals surface area (Å²) in [6.45, 7) is -0.702. The molecule has 0 spiro atoms. The number of carbonyl (C=O) groups excluding carboxylic acids is 2. The summed E-state index contributed by atoms with van der Waals surface area (Å²) in [6.07, 6.45) is -3.52. The minimum atomic E-state index is -1.96. The number of hydrogen-bond acceptors (Lipinski definition) is 11. The van der Waals surface area contributed by atoms with Crippen LogP contribution < -0.4 is 16.0 Å². The van der Waals surface area contributed by atoms with Gasteiger partial charge in [0.2, 0.25) is 6.41 Å². The Hall–Kier alpha value is -4.30. The van der Waals surface area contributed by atoms with Crippen molar-refractivity contribution in [3.05, 3.63) is 97.8 Å². The van der Waals surface area contributed by atoms with Crippen LogP contribution in [0.25, 0.3) is 0 Å². The number of ether oxygens (including phenoxy) is 3. The van der Waals surface area contributed by atoms with Crippen LogP contribution in [0.5, 0.6) is 5.75 Å². The average Bonchev–Trinajstić information content (AvgIpc) is 2.88. The van der Waals surface area contributed by atoms with E-state index in [4.69, 9.17) is 25.8 Å². The topological polar surface area (TPSA) is 190 Å². The van der Waals surface area contributed by atoms with Gasteiger partial charge in [-0.1, -0.05) is 28.9 Å². The van der Waals surface area contributed by atoms with Crippen molar-refractivity contribution in [2.24, 2.45) is 5.16 Å². The highest BCUT2D eigenvalue weighted by atomic mass is 35.5. The Morgan fingerprint density at radius 3 is 2.16 bits per heavy atom. The molecule has 0 aliphatic rings. The van der Waals surface area contributed by atoms with Gasteiger partial charge in [0.05, 0.1) is 12.8 Å². The van der Waals surface area contributed by atoms with E-state index < -0.39 is 42.5 Å². The highest BCUT2D eigenvalue weighted by Crippen LogP contribution is 2.18. The number of nitrogens with one attached hydrogen (secondary N) is 1. The van der Waals surface area contributed by atoms with E-state index in [9.17, 15) is 34.6 Å². The molecule has 3 rings (SSSR count). The summed E-state index contributed by atoms with van der Waals surface area (Å²) in [6, 6.07) is 13.8. The number of carbonyl (C=O) groups is 2. The summed E-state index contributed by atoms with van der Waals surface area (Å²) in [5.74, 6) is -1.40. The van der Waals surface area contributed by atoms with E-state index in [2.05, 4.69) is 5.16 Å². The Morgan fingerprint density at radius 1 is 0.947 bits per heavy atom. The summed E-state index contributed by atoms with van der Waals surface area (Å²) in [7, 11) is 0. The lowest BCUT2D eigenvalue weighted by atomic mass is 10.0. The first-order valence-electron chi connectivity index (χ1n) is 10.9. The molecule has 0 saturated heterocycles. The van der Waals surface area contributed by atoms with E-state index in [1.54, 1.807) is 36.4 Å². The zero-order valence-corrected chi connectivity index (χ0v) is 20.3. The van der Waals surface area contributed by atoms with Gasteiger partial charge in [0, 0.05) is 28.4 Å². The monoisotopic (exact) mass is 547 g/mol. The van der Waals surface area contributed by atoms with Crippen LogP contribution in [0.2, 0.25) is 5.02 Å².